The van der Waals surface area contributed by atoms with Crippen molar-refractivity contribution >= 4 is 27.4 Å². The highest BCUT2D eigenvalue weighted by Gasteiger charge is 2.18. The van der Waals surface area contributed by atoms with E-state index in [9.17, 15) is 13.5 Å². The average Bonchev–Trinajstić information content (AvgIpc) is 2.78. The number of rotatable bonds is 3. The highest BCUT2D eigenvalue weighted by Crippen LogP contribution is 2.36. The normalized spacial score (nSPS) is 14.8. The van der Waals surface area contributed by atoms with E-state index in [1.807, 2.05) is 42.5 Å². The molecule has 0 aromatic heterocycles. The van der Waals surface area contributed by atoms with Crippen molar-refractivity contribution in [1.29, 1.82) is 0 Å². The fourth-order valence-electron chi connectivity index (χ4n) is 3.68. The van der Waals surface area contributed by atoms with Gasteiger partial charge in [-0.15, -0.1) is 0 Å². The molecule has 0 radical (unpaired) electrons. The predicted molar refractivity (Wildman–Crippen MR) is 114 cm³/mol. The third kappa shape index (κ3) is 3.94. The fraction of sp³-hybridized carbons (Fsp3) is 0.130. The monoisotopic (exact) mass is 391 g/mol. The van der Waals surface area contributed by atoms with Gasteiger partial charge in [0.25, 0.3) is 0 Å². The first-order valence-electron chi connectivity index (χ1n) is 9.09. The van der Waals surface area contributed by atoms with E-state index in [-0.39, 0.29) is 5.75 Å². The lowest BCUT2D eigenvalue weighted by molar-refractivity contribution is 0.475. The number of aromatic hydroxyl groups is 1. The van der Waals surface area contributed by atoms with Gasteiger partial charge in [0.05, 0.1) is 6.26 Å². The summed E-state index contributed by atoms with van der Waals surface area (Å²) in [5.41, 5.74) is 7.01. The molecule has 0 aliphatic heterocycles. The summed E-state index contributed by atoms with van der Waals surface area (Å²) in [6.45, 7) is 0. The third-order valence-corrected chi connectivity index (χ3v) is 5.46. The van der Waals surface area contributed by atoms with Gasteiger partial charge in [0.15, 0.2) is 0 Å². The van der Waals surface area contributed by atoms with Crippen LogP contribution in [0.15, 0.2) is 66.7 Å². The second-order valence-electron chi connectivity index (χ2n) is 7.06. The first kappa shape index (κ1) is 18.3. The molecule has 28 heavy (non-hydrogen) atoms. The van der Waals surface area contributed by atoms with Crippen LogP contribution >= 0.6 is 0 Å². The Labute approximate surface area is 165 Å². The van der Waals surface area contributed by atoms with Crippen LogP contribution in [-0.4, -0.2) is 19.8 Å². The Bertz CT molecular complexity index is 1180. The number of nitrogens with one attached hydrogen (secondary N) is 1. The lowest BCUT2D eigenvalue weighted by Crippen LogP contribution is -2.09. The number of phenols is 1. The lowest BCUT2D eigenvalue weighted by atomic mass is 9.92. The van der Waals surface area contributed by atoms with Gasteiger partial charge in [0.2, 0.25) is 10.0 Å². The second-order valence-corrected chi connectivity index (χ2v) is 8.80. The minimum atomic E-state index is -3.34. The van der Waals surface area contributed by atoms with Gasteiger partial charge in [0, 0.05) is 5.69 Å². The molecular formula is C23H21NO3S. The lowest BCUT2D eigenvalue weighted by Gasteiger charge is -2.13. The Morgan fingerprint density at radius 1 is 0.893 bits per heavy atom. The van der Waals surface area contributed by atoms with Crippen molar-refractivity contribution in [2.75, 3.05) is 11.0 Å². The zero-order valence-corrected chi connectivity index (χ0v) is 16.3. The molecule has 0 amide bonds. The highest BCUT2D eigenvalue weighted by atomic mass is 32.2. The number of aryl methyl sites for hydroxylation is 2. The van der Waals surface area contributed by atoms with Crippen LogP contribution in [0.25, 0.3) is 11.6 Å². The van der Waals surface area contributed by atoms with E-state index in [1.54, 1.807) is 12.1 Å². The van der Waals surface area contributed by atoms with Crippen molar-refractivity contribution in [3.05, 3.63) is 94.5 Å². The van der Waals surface area contributed by atoms with Crippen LogP contribution < -0.4 is 4.72 Å². The van der Waals surface area contributed by atoms with Crippen LogP contribution in [0.2, 0.25) is 0 Å². The number of fused-ring (bicyclic) bond motifs is 2. The molecule has 0 atom stereocenters. The molecule has 142 valence electrons. The fourth-order valence-corrected chi connectivity index (χ4v) is 4.23. The minimum absolute atomic E-state index is 0.233. The Balaban J connectivity index is 1.89. The van der Waals surface area contributed by atoms with Crippen LogP contribution in [-0.2, 0) is 22.9 Å². The Hall–Kier alpha value is -3.05. The first-order chi connectivity index (χ1) is 13.4. The molecule has 0 heterocycles. The van der Waals surface area contributed by atoms with E-state index >= 15 is 0 Å². The van der Waals surface area contributed by atoms with E-state index in [1.165, 1.54) is 11.1 Å². The van der Waals surface area contributed by atoms with Crippen LogP contribution in [0.4, 0.5) is 5.69 Å². The molecule has 4 rings (SSSR count). The topological polar surface area (TPSA) is 66.4 Å². The van der Waals surface area contributed by atoms with Crippen molar-refractivity contribution in [3.8, 4) is 5.75 Å². The number of hydrogen-bond acceptors (Lipinski definition) is 3. The second kappa shape index (κ2) is 7.17. The molecule has 1 aliphatic rings. The summed E-state index contributed by atoms with van der Waals surface area (Å²) in [7, 11) is -3.34. The van der Waals surface area contributed by atoms with Crippen molar-refractivity contribution in [1.82, 2.24) is 0 Å². The van der Waals surface area contributed by atoms with Gasteiger partial charge in [-0.1, -0.05) is 42.5 Å². The Morgan fingerprint density at radius 2 is 1.64 bits per heavy atom. The minimum Gasteiger partial charge on any atom is -0.508 e. The van der Waals surface area contributed by atoms with Crippen molar-refractivity contribution in [3.63, 3.8) is 0 Å². The molecule has 2 N–H and O–H groups in total. The standard InChI is InChI=1S/C23H21NO3S/c1-28(26,27)24-19-7-4-5-16(13-19)14-23-21-8-3-2-6-17(21)9-10-18-11-12-20(25)15-22(18)23/h2-8,11-15,24-25H,9-10H2,1H3/b23-14+. The van der Waals surface area contributed by atoms with Crippen molar-refractivity contribution in [2.45, 2.75) is 12.8 Å². The summed E-state index contributed by atoms with van der Waals surface area (Å²) in [5.74, 6) is 0.233. The molecule has 0 spiro atoms. The van der Waals surface area contributed by atoms with E-state index in [4.69, 9.17) is 0 Å². The summed E-state index contributed by atoms with van der Waals surface area (Å²) >= 11 is 0. The van der Waals surface area contributed by atoms with Crippen LogP contribution in [0.1, 0.15) is 27.8 Å². The molecule has 0 saturated carbocycles. The molecule has 3 aromatic carbocycles. The average molecular weight is 391 g/mol. The molecule has 5 heteroatoms. The zero-order chi connectivity index (χ0) is 19.7. The van der Waals surface area contributed by atoms with E-state index in [0.717, 1.165) is 41.4 Å². The summed E-state index contributed by atoms with van der Waals surface area (Å²) < 4.78 is 25.6. The maximum Gasteiger partial charge on any atom is 0.229 e. The SMILES string of the molecule is CS(=O)(=O)Nc1cccc(/C=C2\c3ccccc3CCc3ccc(O)cc32)c1. The highest BCUT2D eigenvalue weighted by molar-refractivity contribution is 7.92. The first-order valence-corrected chi connectivity index (χ1v) is 11.0. The maximum atomic E-state index is 11.6. The quantitative estimate of drug-likeness (QED) is 0.693. The van der Waals surface area contributed by atoms with Crippen LogP contribution in [0.3, 0.4) is 0 Å². The summed E-state index contributed by atoms with van der Waals surface area (Å²) in [5, 5.41) is 10.1. The molecule has 0 bridgehead atoms. The van der Waals surface area contributed by atoms with Gasteiger partial charge in [-0.05, 0) is 76.6 Å². The largest absolute Gasteiger partial charge is 0.508 e. The maximum absolute atomic E-state index is 11.6. The van der Waals surface area contributed by atoms with Gasteiger partial charge in [-0.3, -0.25) is 4.72 Å². The molecular weight excluding hydrogens is 370 g/mol. The number of benzene rings is 3. The van der Waals surface area contributed by atoms with Crippen LogP contribution in [0.5, 0.6) is 5.75 Å². The van der Waals surface area contributed by atoms with Gasteiger partial charge in [0.1, 0.15) is 5.75 Å². The van der Waals surface area contributed by atoms with E-state index in [2.05, 4.69) is 22.9 Å². The summed E-state index contributed by atoms with van der Waals surface area (Å²) in [4.78, 5) is 0. The smallest absolute Gasteiger partial charge is 0.229 e. The van der Waals surface area contributed by atoms with Crippen LogP contribution in [0, 0.1) is 0 Å². The molecule has 3 aromatic rings. The van der Waals surface area contributed by atoms with E-state index < -0.39 is 10.0 Å². The molecule has 4 nitrogen and oxygen atoms in total. The number of anilines is 1. The summed E-state index contributed by atoms with van der Waals surface area (Å²) in [6.07, 6.45) is 5.02. The zero-order valence-electron chi connectivity index (χ0n) is 15.5. The molecule has 0 saturated heterocycles. The van der Waals surface area contributed by atoms with Gasteiger partial charge >= 0.3 is 0 Å². The van der Waals surface area contributed by atoms with E-state index in [0.29, 0.717) is 5.69 Å². The van der Waals surface area contributed by atoms with Gasteiger partial charge < -0.3 is 5.11 Å². The number of phenolic OH excluding ortho intramolecular Hbond substituents is 1. The van der Waals surface area contributed by atoms with Gasteiger partial charge in [-0.25, -0.2) is 8.42 Å². The number of sulfonamides is 1. The summed E-state index contributed by atoms with van der Waals surface area (Å²) in [6, 6.07) is 21.1. The molecule has 0 fully saturated rings. The van der Waals surface area contributed by atoms with Crippen molar-refractivity contribution in [2.24, 2.45) is 0 Å². The predicted octanol–water partition coefficient (Wildman–Crippen LogP) is 4.45. The van der Waals surface area contributed by atoms with Gasteiger partial charge in [-0.2, -0.15) is 0 Å². The third-order valence-electron chi connectivity index (χ3n) is 4.86. The number of hydrogen-bond donors (Lipinski definition) is 2. The molecule has 0 unspecified atom stereocenters. The Kier molecular flexibility index (Phi) is 4.69. The Morgan fingerprint density at radius 3 is 2.43 bits per heavy atom. The molecule has 1 aliphatic carbocycles. The van der Waals surface area contributed by atoms with Crippen molar-refractivity contribution < 1.29 is 13.5 Å².